The van der Waals surface area contributed by atoms with E-state index >= 15 is 0 Å². The summed E-state index contributed by atoms with van der Waals surface area (Å²) < 4.78 is 0. The Bertz CT molecular complexity index is 262. The Labute approximate surface area is 86.7 Å². The van der Waals surface area contributed by atoms with E-state index in [2.05, 4.69) is 42.2 Å². The van der Waals surface area contributed by atoms with Crippen molar-refractivity contribution in [1.82, 2.24) is 4.90 Å². The maximum atomic E-state index is 2.60. The van der Waals surface area contributed by atoms with Crippen LogP contribution in [-0.4, -0.2) is 18.0 Å². The molecule has 1 aliphatic rings. The Morgan fingerprint density at radius 1 is 1.00 bits per heavy atom. The van der Waals surface area contributed by atoms with Crippen molar-refractivity contribution in [2.45, 2.75) is 32.2 Å². The molecule has 1 heterocycles. The van der Waals surface area contributed by atoms with E-state index in [1.165, 1.54) is 37.9 Å². The van der Waals surface area contributed by atoms with Gasteiger partial charge in [-0.15, -0.1) is 0 Å². The summed E-state index contributed by atoms with van der Waals surface area (Å²) in [7, 11) is 0. The van der Waals surface area contributed by atoms with Crippen LogP contribution in [0.1, 0.15) is 37.8 Å². The number of hydrogen-bond donors (Lipinski definition) is 0. The van der Waals surface area contributed by atoms with Crippen molar-refractivity contribution in [2.24, 2.45) is 0 Å². The molecule has 0 radical (unpaired) electrons. The van der Waals surface area contributed by atoms with Crippen molar-refractivity contribution in [3.8, 4) is 0 Å². The van der Waals surface area contributed by atoms with E-state index in [4.69, 9.17) is 0 Å². The number of piperidine rings is 1. The zero-order valence-electron chi connectivity index (χ0n) is 8.95. The van der Waals surface area contributed by atoms with Gasteiger partial charge < -0.3 is 0 Å². The largest absolute Gasteiger partial charge is 0.297 e. The summed E-state index contributed by atoms with van der Waals surface area (Å²) in [6.45, 7) is 4.87. The maximum Gasteiger partial charge on any atom is 0.0319 e. The Morgan fingerprint density at radius 2 is 1.64 bits per heavy atom. The maximum absolute atomic E-state index is 2.60. The molecule has 0 bridgehead atoms. The molecule has 2 rings (SSSR count). The molecule has 1 nitrogen and oxygen atoms in total. The number of rotatable bonds is 2. The second-order valence-electron chi connectivity index (χ2n) is 4.18. The first kappa shape index (κ1) is 9.72. The summed E-state index contributed by atoms with van der Waals surface area (Å²) in [5.41, 5.74) is 1.45. The molecule has 0 N–H and O–H groups in total. The first-order valence-electron chi connectivity index (χ1n) is 5.67. The van der Waals surface area contributed by atoms with Gasteiger partial charge in [0, 0.05) is 6.04 Å². The molecule has 1 saturated heterocycles. The predicted octanol–water partition coefficient (Wildman–Crippen LogP) is 3.23. The number of benzene rings is 1. The van der Waals surface area contributed by atoms with Crippen LogP contribution in [0.15, 0.2) is 30.3 Å². The van der Waals surface area contributed by atoms with E-state index in [9.17, 15) is 0 Å². The standard InChI is InChI=1S/C13H19N/c1-12(13-8-4-2-5-9-13)14-10-6-3-7-11-14/h2,4-5,8-9,12H,3,6-7,10-11H2,1H3/t12-/m1/s1. The van der Waals surface area contributed by atoms with E-state index in [-0.39, 0.29) is 0 Å². The number of nitrogens with zero attached hydrogens (tertiary/aromatic N) is 1. The monoisotopic (exact) mass is 189 g/mol. The molecule has 1 fully saturated rings. The van der Waals surface area contributed by atoms with Gasteiger partial charge in [0.1, 0.15) is 0 Å². The van der Waals surface area contributed by atoms with Crippen molar-refractivity contribution < 1.29 is 0 Å². The van der Waals surface area contributed by atoms with Gasteiger partial charge in [0.2, 0.25) is 0 Å². The predicted molar refractivity (Wildman–Crippen MR) is 60.3 cm³/mol. The third-order valence-electron chi connectivity index (χ3n) is 3.22. The third kappa shape index (κ3) is 2.16. The van der Waals surface area contributed by atoms with Gasteiger partial charge in [0.05, 0.1) is 0 Å². The highest BCUT2D eigenvalue weighted by Crippen LogP contribution is 2.23. The van der Waals surface area contributed by atoms with E-state index in [0.717, 1.165) is 0 Å². The van der Waals surface area contributed by atoms with Crippen molar-refractivity contribution in [2.75, 3.05) is 13.1 Å². The zero-order valence-corrected chi connectivity index (χ0v) is 8.95. The Balaban J connectivity index is 2.03. The molecule has 1 aromatic rings. The van der Waals surface area contributed by atoms with Gasteiger partial charge >= 0.3 is 0 Å². The summed E-state index contributed by atoms with van der Waals surface area (Å²) in [5, 5.41) is 0. The highest BCUT2D eigenvalue weighted by molar-refractivity contribution is 5.18. The molecule has 14 heavy (non-hydrogen) atoms. The molecular weight excluding hydrogens is 170 g/mol. The van der Waals surface area contributed by atoms with Gasteiger partial charge in [0.25, 0.3) is 0 Å². The quantitative estimate of drug-likeness (QED) is 0.690. The van der Waals surface area contributed by atoms with Gasteiger partial charge in [0.15, 0.2) is 0 Å². The summed E-state index contributed by atoms with van der Waals surface area (Å²) in [5.74, 6) is 0. The Kier molecular flexibility index (Phi) is 3.20. The molecule has 1 aliphatic heterocycles. The normalized spacial score (nSPS) is 20.6. The van der Waals surface area contributed by atoms with Gasteiger partial charge in [-0.05, 0) is 38.4 Å². The van der Waals surface area contributed by atoms with E-state index in [1.54, 1.807) is 0 Å². The lowest BCUT2D eigenvalue weighted by molar-refractivity contribution is 0.175. The SMILES string of the molecule is C[C@H](c1ccccc1)N1CCCCC1. The third-order valence-corrected chi connectivity index (χ3v) is 3.22. The summed E-state index contributed by atoms with van der Waals surface area (Å²) in [4.78, 5) is 2.60. The van der Waals surface area contributed by atoms with Crippen molar-refractivity contribution in [1.29, 1.82) is 0 Å². The fourth-order valence-corrected chi connectivity index (χ4v) is 2.25. The smallest absolute Gasteiger partial charge is 0.0319 e. The van der Waals surface area contributed by atoms with E-state index < -0.39 is 0 Å². The average molecular weight is 189 g/mol. The van der Waals surface area contributed by atoms with Crippen LogP contribution in [0.5, 0.6) is 0 Å². The highest BCUT2D eigenvalue weighted by atomic mass is 15.2. The number of hydrogen-bond acceptors (Lipinski definition) is 1. The fraction of sp³-hybridized carbons (Fsp3) is 0.538. The van der Waals surface area contributed by atoms with Gasteiger partial charge in [-0.1, -0.05) is 36.8 Å². The lowest BCUT2D eigenvalue weighted by atomic mass is 10.0. The van der Waals surface area contributed by atoms with Crippen LogP contribution >= 0.6 is 0 Å². The van der Waals surface area contributed by atoms with Crippen LogP contribution < -0.4 is 0 Å². The van der Waals surface area contributed by atoms with E-state index in [1.807, 2.05) is 0 Å². The van der Waals surface area contributed by atoms with Crippen molar-refractivity contribution >= 4 is 0 Å². The minimum absolute atomic E-state index is 0.594. The van der Waals surface area contributed by atoms with Crippen LogP contribution in [0, 0.1) is 0 Å². The highest BCUT2D eigenvalue weighted by Gasteiger charge is 2.17. The van der Waals surface area contributed by atoms with E-state index in [0.29, 0.717) is 6.04 Å². The second kappa shape index (κ2) is 4.61. The molecular formula is C13H19N. The summed E-state index contributed by atoms with van der Waals surface area (Å²) in [6, 6.07) is 11.4. The minimum Gasteiger partial charge on any atom is -0.297 e. The molecule has 76 valence electrons. The van der Waals surface area contributed by atoms with Crippen LogP contribution in [0.2, 0.25) is 0 Å². The van der Waals surface area contributed by atoms with Crippen LogP contribution in [-0.2, 0) is 0 Å². The molecule has 1 atom stereocenters. The molecule has 0 unspecified atom stereocenters. The lowest BCUT2D eigenvalue weighted by Crippen LogP contribution is -2.32. The number of likely N-dealkylation sites (tertiary alicyclic amines) is 1. The van der Waals surface area contributed by atoms with Gasteiger partial charge in [-0.3, -0.25) is 4.90 Å². The van der Waals surface area contributed by atoms with Crippen LogP contribution in [0.25, 0.3) is 0 Å². The molecule has 0 aromatic heterocycles. The lowest BCUT2D eigenvalue weighted by Gasteiger charge is -2.32. The average Bonchev–Trinajstić information content (AvgIpc) is 2.30. The second-order valence-corrected chi connectivity index (χ2v) is 4.18. The Hall–Kier alpha value is -0.820. The van der Waals surface area contributed by atoms with Crippen LogP contribution in [0.4, 0.5) is 0 Å². The molecule has 0 aliphatic carbocycles. The molecule has 0 saturated carbocycles. The molecule has 1 heteroatoms. The zero-order chi connectivity index (χ0) is 9.80. The van der Waals surface area contributed by atoms with Crippen LogP contribution in [0.3, 0.4) is 0 Å². The van der Waals surface area contributed by atoms with Gasteiger partial charge in [-0.2, -0.15) is 0 Å². The van der Waals surface area contributed by atoms with Gasteiger partial charge in [-0.25, -0.2) is 0 Å². The van der Waals surface area contributed by atoms with Crippen molar-refractivity contribution in [3.63, 3.8) is 0 Å². The Morgan fingerprint density at radius 3 is 2.29 bits per heavy atom. The fourth-order valence-electron chi connectivity index (χ4n) is 2.25. The molecule has 1 aromatic carbocycles. The summed E-state index contributed by atoms with van der Waals surface area (Å²) >= 11 is 0. The molecule has 0 spiro atoms. The topological polar surface area (TPSA) is 3.24 Å². The first-order chi connectivity index (χ1) is 6.88. The summed E-state index contributed by atoms with van der Waals surface area (Å²) in [6.07, 6.45) is 4.16. The minimum atomic E-state index is 0.594. The molecule has 0 amide bonds. The first-order valence-corrected chi connectivity index (χ1v) is 5.67. The van der Waals surface area contributed by atoms with Crippen molar-refractivity contribution in [3.05, 3.63) is 35.9 Å².